The van der Waals surface area contributed by atoms with Gasteiger partial charge in [-0.2, -0.15) is 5.10 Å². The van der Waals surface area contributed by atoms with Crippen molar-refractivity contribution in [3.05, 3.63) is 18.0 Å². The lowest BCUT2D eigenvalue weighted by atomic mass is 10.3. The minimum absolute atomic E-state index is 0.122. The van der Waals surface area contributed by atoms with Crippen LogP contribution in [-0.2, 0) is 7.05 Å². The number of nitrogens with zero attached hydrogens (tertiary/aromatic N) is 2. The summed E-state index contributed by atoms with van der Waals surface area (Å²) >= 11 is 0. The van der Waals surface area contributed by atoms with Crippen molar-refractivity contribution >= 4 is 5.91 Å². The highest BCUT2D eigenvalue weighted by Crippen LogP contribution is 1.95. The number of amides is 1. The number of rotatable bonds is 5. The summed E-state index contributed by atoms with van der Waals surface area (Å²) in [5.74, 6) is -0.122. The first-order valence-corrected chi connectivity index (χ1v) is 4.62. The van der Waals surface area contributed by atoms with E-state index >= 15 is 0 Å². The Kier molecular flexibility index (Phi) is 4.12. The van der Waals surface area contributed by atoms with Gasteiger partial charge in [-0.1, -0.05) is 0 Å². The highest BCUT2D eigenvalue weighted by atomic mass is 16.2. The van der Waals surface area contributed by atoms with Crippen molar-refractivity contribution in [2.75, 3.05) is 13.2 Å². The average Bonchev–Trinajstić information content (AvgIpc) is 2.59. The highest BCUT2D eigenvalue weighted by molar-refractivity contribution is 5.92. The molecule has 0 aromatic carbocycles. The van der Waals surface area contributed by atoms with Crippen molar-refractivity contribution in [3.63, 3.8) is 0 Å². The second-order valence-corrected chi connectivity index (χ2v) is 3.03. The Bertz CT molecular complexity index is 296. The van der Waals surface area contributed by atoms with Gasteiger partial charge < -0.3 is 10.4 Å². The van der Waals surface area contributed by atoms with Crippen molar-refractivity contribution < 1.29 is 9.90 Å². The predicted molar refractivity (Wildman–Crippen MR) is 51.9 cm³/mol. The number of carbonyl (C=O) groups is 1. The fourth-order valence-corrected chi connectivity index (χ4v) is 1.13. The maximum Gasteiger partial charge on any atom is 0.269 e. The summed E-state index contributed by atoms with van der Waals surface area (Å²) in [5, 5.41) is 15.2. The molecule has 0 bridgehead atoms. The Morgan fingerprint density at radius 1 is 1.64 bits per heavy atom. The third-order valence-electron chi connectivity index (χ3n) is 1.92. The molecule has 0 fully saturated rings. The molecular weight excluding hydrogens is 182 g/mol. The molecular formula is C9H15N3O2. The summed E-state index contributed by atoms with van der Waals surface area (Å²) in [4.78, 5) is 11.5. The first kappa shape index (κ1) is 10.7. The molecule has 2 N–H and O–H groups in total. The van der Waals surface area contributed by atoms with Crippen LogP contribution >= 0.6 is 0 Å². The molecule has 1 heterocycles. The first-order valence-electron chi connectivity index (χ1n) is 4.62. The quantitative estimate of drug-likeness (QED) is 0.649. The van der Waals surface area contributed by atoms with Crippen LogP contribution in [0.3, 0.4) is 0 Å². The lowest BCUT2D eigenvalue weighted by Gasteiger charge is -2.04. The van der Waals surface area contributed by atoms with Gasteiger partial charge in [0.1, 0.15) is 5.69 Å². The fourth-order valence-electron chi connectivity index (χ4n) is 1.13. The van der Waals surface area contributed by atoms with Gasteiger partial charge in [-0.3, -0.25) is 9.48 Å². The van der Waals surface area contributed by atoms with E-state index in [4.69, 9.17) is 5.11 Å². The highest BCUT2D eigenvalue weighted by Gasteiger charge is 2.07. The van der Waals surface area contributed by atoms with E-state index in [1.807, 2.05) is 0 Å². The van der Waals surface area contributed by atoms with Crippen LogP contribution in [0.4, 0.5) is 0 Å². The molecule has 0 aliphatic rings. The molecule has 1 rings (SSSR count). The average molecular weight is 197 g/mol. The van der Waals surface area contributed by atoms with E-state index in [1.165, 1.54) is 4.68 Å². The van der Waals surface area contributed by atoms with Crippen LogP contribution in [0.2, 0.25) is 0 Å². The number of aliphatic hydroxyl groups excluding tert-OH is 1. The Balaban J connectivity index is 2.32. The van der Waals surface area contributed by atoms with E-state index < -0.39 is 0 Å². The van der Waals surface area contributed by atoms with Crippen LogP contribution < -0.4 is 5.32 Å². The van der Waals surface area contributed by atoms with Gasteiger partial charge in [0.05, 0.1) is 0 Å². The van der Waals surface area contributed by atoms with Crippen LogP contribution in [-0.4, -0.2) is 33.9 Å². The molecule has 5 heteroatoms. The number of nitrogens with one attached hydrogen (secondary N) is 1. The summed E-state index contributed by atoms with van der Waals surface area (Å²) < 4.78 is 1.53. The number of unbranched alkanes of at least 4 members (excludes halogenated alkanes) is 1. The Hall–Kier alpha value is -1.36. The van der Waals surface area contributed by atoms with Gasteiger partial charge in [0.15, 0.2) is 0 Å². The molecule has 0 atom stereocenters. The molecule has 5 nitrogen and oxygen atoms in total. The van der Waals surface area contributed by atoms with Crippen molar-refractivity contribution in [1.29, 1.82) is 0 Å². The maximum atomic E-state index is 11.5. The van der Waals surface area contributed by atoms with Gasteiger partial charge >= 0.3 is 0 Å². The molecule has 0 aliphatic carbocycles. The monoisotopic (exact) mass is 197 g/mol. The fraction of sp³-hybridized carbons (Fsp3) is 0.556. The number of aromatic nitrogens is 2. The molecule has 0 saturated heterocycles. The van der Waals surface area contributed by atoms with Crippen LogP contribution in [0.5, 0.6) is 0 Å². The van der Waals surface area contributed by atoms with Gasteiger partial charge in [-0.05, 0) is 18.9 Å². The molecule has 0 saturated carbocycles. The summed E-state index contributed by atoms with van der Waals surface area (Å²) in [6.07, 6.45) is 3.09. The summed E-state index contributed by atoms with van der Waals surface area (Å²) in [5.41, 5.74) is 0.550. The molecule has 1 aromatic rings. The smallest absolute Gasteiger partial charge is 0.269 e. The van der Waals surface area contributed by atoms with E-state index in [1.54, 1.807) is 19.3 Å². The number of aliphatic hydroxyl groups is 1. The Morgan fingerprint density at radius 3 is 3.00 bits per heavy atom. The Labute approximate surface area is 82.7 Å². The number of hydrogen-bond acceptors (Lipinski definition) is 3. The zero-order chi connectivity index (χ0) is 10.4. The number of hydrogen-bond donors (Lipinski definition) is 2. The van der Waals surface area contributed by atoms with E-state index in [0.717, 1.165) is 6.42 Å². The standard InChI is InChI=1S/C9H15N3O2/c1-12-8(4-6-11-12)9(14)10-5-2-3-7-13/h4,6,13H,2-3,5,7H2,1H3,(H,10,14). The Morgan fingerprint density at radius 2 is 2.43 bits per heavy atom. The van der Waals surface area contributed by atoms with Crippen LogP contribution in [0.25, 0.3) is 0 Å². The summed E-state index contributed by atoms with van der Waals surface area (Å²) in [6.45, 7) is 0.756. The van der Waals surface area contributed by atoms with E-state index in [-0.39, 0.29) is 12.5 Å². The molecule has 78 valence electrons. The summed E-state index contributed by atoms with van der Waals surface area (Å²) in [7, 11) is 1.72. The van der Waals surface area contributed by atoms with Crippen molar-refractivity contribution in [2.24, 2.45) is 7.05 Å². The van der Waals surface area contributed by atoms with Crippen LogP contribution in [0.15, 0.2) is 12.3 Å². The number of aryl methyl sites for hydroxylation is 1. The molecule has 14 heavy (non-hydrogen) atoms. The zero-order valence-electron chi connectivity index (χ0n) is 8.23. The predicted octanol–water partition coefficient (Wildman–Crippen LogP) is -0.0776. The number of carbonyl (C=O) groups excluding carboxylic acids is 1. The topological polar surface area (TPSA) is 67.2 Å². The normalized spacial score (nSPS) is 10.1. The van der Waals surface area contributed by atoms with Crippen molar-refractivity contribution in [1.82, 2.24) is 15.1 Å². The van der Waals surface area contributed by atoms with Crippen molar-refractivity contribution in [2.45, 2.75) is 12.8 Å². The van der Waals surface area contributed by atoms with Gasteiger partial charge in [-0.25, -0.2) is 0 Å². The molecule has 1 amide bonds. The van der Waals surface area contributed by atoms with Gasteiger partial charge in [0, 0.05) is 26.4 Å². The minimum atomic E-state index is -0.122. The molecule has 0 aliphatic heterocycles. The van der Waals surface area contributed by atoms with E-state index in [9.17, 15) is 4.79 Å². The molecule has 1 aromatic heterocycles. The SMILES string of the molecule is Cn1nccc1C(=O)NCCCCO. The molecule has 0 radical (unpaired) electrons. The van der Waals surface area contributed by atoms with E-state index in [2.05, 4.69) is 10.4 Å². The lowest BCUT2D eigenvalue weighted by Crippen LogP contribution is -2.26. The van der Waals surface area contributed by atoms with E-state index in [0.29, 0.717) is 18.7 Å². The molecule has 0 spiro atoms. The van der Waals surface area contributed by atoms with Crippen LogP contribution in [0, 0.1) is 0 Å². The van der Waals surface area contributed by atoms with Gasteiger partial charge in [0.2, 0.25) is 0 Å². The summed E-state index contributed by atoms with van der Waals surface area (Å²) in [6, 6.07) is 1.67. The zero-order valence-corrected chi connectivity index (χ0v) is 8.23. The third kappa shape index (κ3) is 2.85. The van der Waals surface area contributed by atoms with Gasteiger partial charge in [-0.15, -0.1) is 0 Å². The lowest BCUT2D eigenvalue weighted by molar-refractivity contribution is 0.0942. The van der Waals surface area contributed by atoms with Crippen molar-refractivity contribution in [3.8, 4) is 0 Å². The second-order valence-electron chi connectivity index (χ2n) is 3.03. The third-order valence-corrected chi connectivity index (χ3v) is 1.92. The minimum Gasteiger partial charge on any atom is -0.396 e. The maximum absolute atomic E-state index is 11.5. The second kappa shape index (κ2) is 5.39. The largest absolute Gasteiger partial charge is 0.396 e. The van der Waals surface area contributed by atoms with Crippen LogP contribution in [0.1, 0.15) is 23.3 Å². The van der Waals surface area contributed by atoms with Gasteiger partial charge in [0.25, 0.3) is 5.91 Å². The molecule has 0 unspecified atom stereocenters. The first-order chi connectivity index (χ1) is 6.75.